The first-order chi connectivity index (χ1) is 8.61. The van der Waals surface area contributed by atoms with Gasteiger partial charge < -0.3 is 10.1 Å². The fourth-order valence-electron chi connectivity index (χ4n) is 1.55. The summed E-state index contributed by atoms with van der Waals surface area (Å²) in [5.74, 6) is -0.394. The molecule has 0 atom stereocenters. The van der Waals surface area contributed by atoms with Gasteiger partial charge in [-0.25, -0.2) is 4.39 Å². The van der Waals surface area contributed by atoms with Crippen molar-refractivity contribution in [3.05, 3.63) is 35.1 Å². The lowest BCUT2D eigenvalue weighted by Crippen LogP contribution is -2.24. The number of halogens is 1. The van der Waals surface area contributed by atoms with Gasteiger partial charge in [-0.15, -0.1) is 0 Å². The number of hydrogen-bond donors (Lipinski definition) is 1. The van der Waals surface area contributed by atoms with Crippen molar-refractivity contribution >= 4 is 0 Å². The van der Waals surface area contributed by atoms with Crippen LogP contribution in [0.3, 0.4) is 0 Å². The smallest absolute Gasteiger partial charge is 0.124 e. The Balaban J connectivity index is 2.27. The van der Waals surface area contributed by atoms with E-state index in [2.05, 4.69) is 19.2 Å². The zero-order valence-corrected chi connectivity index (χ0v) is 10.9. The van der Waals surface area contributed by atoms with Crippen molar-refractivity contribution < 1.29 is 9.13 Å². The summed E-state index contributed by atoms with van der Waals surface area (Å²) in [4.78, 5) is 0. The number of rotatable bonds is 7. The Morgan fingerprint density at radius 2 is 2.17 bits per heavy atom. The molecule has 98 valence electrons. The van der Waals surface area contributed by atoms with Crippen LogP contribution in [0.1, 0.15) is 31.4 Å². The van der Waals surface area contributed by atoms with E-state index in [0.717, 1.165) is 13.0 Å². The maximum absolute atomic E-state index is 13.1. The molecule has 1 aromatic carbocycles. The van der Waals surface area contributed by atoms with E-state index in [4.69, 9.17) is 10.00 Å². The highest BCUT2D eigenvalue weighted by molar-refractivity contribution is 5.33. The van der Waals surface area contributed by atoms with Crippen LogP contribution in [0.5, 0.6) is 0 Å². The topological polar surface area (TPSA) is 45.0 Å². The van der Waals surface area contributed by atoms with E-state index in [1.807, 2.05) is 6.07 Å². The van der Waals surface area contributed by atoms with E-state index >= 15 is 0 Å². The van der Waals surface area contributed by atoms with Gasteiger partial charge in [0.05, 0.1) is 18.2 Å². The first kappa shape index (κ1) is 14.6. The third-order valence-electron chi connectivity index (χ3n) is 2.37. The van der Waals surface area contributed by atoms with Gasteiger partial charge in [-0.3, -0.25) is 0 Å². The molecular formula is C14H19FN2O. The molecule has 1 aromatic rings. The van der Waals surface area contributed by atoms with Crippen LogP contribution in [-0.4, -0.2) is 19.2 Å². The molecule has 1 N–H and O–H groups in total. The number of benzene rings is 1. The Labute approximate surface area is 108 Å². The molecule has 0 fully saturated rings. The summed E-state index contributed by atoms with van der Waals surface area (Å²) in [5.41, 5.74) is 1.03. The number of hydrogen-bond acceptors (Lipinski definition) is 3. The van der Waals surface area contributed by atoms with Crippen LogP contribution >= 0.6 is 0 Å². The quantitative estimate of drug-likeness (QED) is 0.756. The number of ether oxygens (including phenoxy) is 1. The first-order valence-corrected chi connectivity index (χ1v) is 6.12. The van der Waals surface area contributed by atoms with Crippen molar-refractivity contribution in [3.8, 4) is 6.07 Å². The van der Waals surface area contributed by atoms with Gasteiger partial charge in [-0.2, -0.15) is 5.26 Å². The van der Waals surface area contributed by atoms with Crippen LogP contribution in [0.2, 0.25) is 0 Å². The summed E-state index contributed by atoms with van der Waals surface area (Å²) in [6, 6.07) is 6.67. The van der Waals surface area contributed by atoms with Crippen molar-refractivity contribution in [3.63, 3.8) is 0 Å². The minimum absolute atomic E-state index is 0.329. The fraction of sp³-hybridized carbons (Fsp3) is 0.500. The monoisotopic (exact) mass is 250 g/mol. The first-order valence-electron chi connectivity index (χ1n) is 6.12. The highest BCUT2D eigenvalue weighted by atomic mass is 19.1. The number of nitrogens with one attached hydrogen (secondary N) is 1. The SMILES string of the molecule is CC(C)NCCCOCc1cc(F)cc(C#N)c1. The third-order valence-corrected chi connectivity index (χ3v) is 2.37. The summed E-state index contributed by atoms with van der Waals surface area (Å²) in [7, 11) is 0. The minimum Gasteiger partial charge on any atom is -0.377 e. The predicted molar refractivity (Wildman–Crippen MR) is 68.5 cm³/mol. The minimum atomic E-state index is -0.394. The van der Waals surface area contributed by atoms with Gasteiger partial charge in [-0.05, 0) is 36.7 Å². The second-order valence-corrected chi connectivity index (χ2v) is 4.47. The number of nitriles is 1. The van der Waals surface area contributed by atoms with Crippen LogP contribution in [0.4, 0.5) is 4.39 Å². The molecule has 0 heterocycles. The molecule has 1 rings (SSSR count). The average Bonchev–Trinajstić information content (AvgIpc) is 2.32. The molecule has 0 aliphatic heterocycles. The van der Waals surface area contributed by atoms with Gasteiger partial charge in [0, 0.05) is 12.6 Å². The van der Waals surface area contributed by atoms with Crippen LogP contribution < -0.4 is 5.32 Å². The standard InChI is InChI=1S/C14H19FN2O/c1-11(2)17-4-3-5-18-10-13-6-12(9-16)7-14(15)8-13/h6-8,11,17H,3-5,10H2,1-2H3. The van der Waals surface area contributed by atoms with Crippen molar-refractivity contribution in [1.29, 1.82) is 5.26 Å². The molecule has 0 aliphatic carbocycles. The van der Waals surface area contributed by atoms with Crippen LogP contribution in [-0.2, 0) is 11.3 Å². The molecule has 0 aliphatic rings. The van der Waals surface area contributed by atoms with Crippen LogP contribution in [0.15, 0.2) is 18.2 Å². The molecule has 18 heavy (non-hydrogen) atoms. The molecule has 0 spiro atoms. The molecule has 3 nitrogen and oxygen atoms in total. The maximum Gasteiger partial charge on any atom is 0.124 e. The zero-order chi connectivity index (χ0) is 13.4. The van der Waals surface area contributed by atoms with Gasteiger partial charge >= 0.3 is 0 Å². The average molecular weight is 250 g/mol. The van der Waals surface area contributed by atoms with Gasteiger partial charge in [0.15, 0.2) is 0 Å². The summed E-state index contributed by atoms with van der Waals surface area (Å²) in [6.07, 6.45) is 0.915. The lowest BCUT2D eigenvalue weighted by molar-refractivity contribution is 0.118. The zero-order valence-electron chi connectivity index (χ0n) is 10.9. The van der Waals surface area contributed by atoms with Gasteiger partial charge in [0.25, 0.3) is 0 Å². The summed E-state index contributed by atoms with van der Waals surface area (Å²) in [5, 5.41) is 12.0. The van der Waals surface area contributed by atoms with Crippen molar-refractivity contribution in [2.24, 2.45) is 0 Å². The molecule has 0 amide bonds. The molecular weight excluding hydrogens is 231 g/mol. The van der Waals surface area contributed by atoms with E-state index < -0.39 is 5.82 Å². The van der Waals surface area contributed by atoms with E-state index in [9.17, 15) is 4.39 Å². The lowest BCUT2D eigenvalue weighted by Gasteiger charge is -2.08. The fourth-order valence-corrected chi connectivity index (χ4v) is 1.55. The van der Waals surface area contributed by atoms with Gasteiger partial charge in [0.2, 0.25) is 0 Å². The van der Waals surface area contributed by atoms with E-state index in [1.165, 1.54) is 12.1 Å². The van der Waals surface area contributed by atoms with Gasteiger partial charge in [-0.1, -0.05) is 13.8 Å². The van der Waals surface area contributed by atoms with E-state index in [0.29, 0.717) is 30.4 Å². The summed E-state index contributed by atoms with van der Waals surface area (Å²) >= 11 is 0. The molecule has 0 unspecified atom stereocenters. The van der Waals surface area contributed by atoms with Crippen molar-refractivity contribution in [2.45, 2.75) is 32.9 Å². The van der Waals surface area contributed by atoms with Crippen molar-refractivity contribution in [2.75, 3.05) is 13.2 Å². The van der Waals surface area contributed by atoms with E-state index in [-0.39, 0.29) is 0 Å². The predicted octanol–water partition coefficient (Wildman–Crippen LogP) is 2.60. The molecule has 0 saturated carbocycles. The summed E-state index contributed by atoms with van der Waals surface area (Å²) < 4.78 is 18.6. The Morgan fingerprint density at radius 3 is 2.83 bits per heavy atom. The molecule has 0 saturated heterocycles. The summed E-state index contributed by atoms with van der Waals surface area (Å²) in [6.45, 7) is 6.06. The Hall–Kier alpha value is -1.44. The lowest BCUT2D eigenvalue weighted by atomic mass is 10.1. The third kappa shape index (κ3) is 5.76. The second kappa shape index (κ2) is 7.80. The molecule has 0 aromatic heterocycles. The normalized spacial score (nSPS) is 10.6. The Morgan fingerprint density at radius 1 is 1.39 bits per heavy atom. The van der Waals surface area contributed by atoms with Crippen LogP contribution in [0.25, 0.3) is 0 Å². The second-order valence-electron chi connectivity index (χ2n) is 4.47. The van der Waals surface area contributed by atoms with Crippen molar-refractivity contribution in [1.82, 2.24) is 5.32 Å². The van der Waals surface area contributed by atoms with E-state index in [1.54, 1.807) is 6.07 Å². The number of nitrogens with zero attached hydrogens (tertiary/aromatic N) is 1. The highest BCUT2D eigenvalue weighted by Gasteiger charge is 2.01. The Bertz CT molecular complexity index is 413. The molecule has 0 bridgehead atoms. The van der Waals surface area contributed by atoms with Gasteiger partial charge in [0.1, 0.15) is 5.82 Å². The molecule has 4 heteroatoms. The largest absolute Gasteiger partial charge is 0.377 e. The highest BCUT2D eigenvalue weighted by Crippen LogP contribution is 2.09. The maximum atomic E-state index is 13.1. The Kier molecular flexibility index (Phi) is 6.34. The van der Waals surface area contributed by atoms with Crippen LogP contribution in [0, 0.1) is 17.1 Å². The molecule has 0 radical (unpaired) electrons.